The fourth-order valence-electron chi connectivity index (χ4n) is 8.63. The van der Waals surface area contributed by atoms with Crippen LogP contribution >= 0.6 is 0 Å². The van der Waals surface area contributed by atoms with Crippen molar-refractivity contribution in [3.63, 3.8) is 0 Å². The third-order valence-corrected chi connectivity index (χ3v) is 13.5. The Kier molecular flexibility index (Phi) is 64.5. The fraction of sp³-hybridized carbons (Fsp3) is 0.600. The van der Waals surface area contributed by atoms with Crippen LogP contribution in [-0.4, -0.2) is 36.4 Å². The molecule has 0 fully saturated rings. The van der Waals surface area contributed by atoms with Gasteiger partial charge in [0, 0.05) is 12.8 Å². The number of hydrogen-bond donors (Lipinski definition) is 1. The summed E-state index contributed by atoms with van der Waals surface area (Å²) in [5, 5.41) is 9.68. The SMILES string of the molecule is CC/C=C\C/C=C\C/C=C\C/C=C\C/C=C\C/C=C\C/C=C\C/C=C\C/C=C\C/C=C\C/C=C\CCCCCCCCCC(=O)OC(CO)COC(=O)CCCCCCCCCCCC/C=C\C/C=C\C/C=C\CCCCCCC. The molecule has 0 spiro atoms. The number of rotatable bonds is 58. The van der Waals surface area contributed by atoms with E-state index >= 15 is 0 Å². The molecule has 450 valence electrons. The first kappa shape index (κ1) is 75.3. The predicted octanol–water partition coefficient (Wildman–Crippen LogP) is 22.9. The van der Waals surface area contributed by atoms with Gasteiger partial charge in [-0.1, -0.05) is 293 Å². The van der Waals surface area contributed by atoms with Gasteiger partial charge in [-0.3, -0.25) is 9.59 Å². The van der Waals surface area contributed by atoms with E-state index in [1.54, 1.807) is 0 Å². The molecule has 0 bridgehead atoms. The summed E-state index contributed by atoms with van der Waals surface area (Å²) in [6, 6.07) is 0. The molecular weight excluding hydrogens is 981 g/mol. The Morgan fingerprint density at radius 2 is 0.537 bits per heavy atom. The Labute approximate surface area is 493 Å². The minimum Gasteiger partial charge on any atom is -0.462 e. The molecule has 1 atom stereocenters. The van der Waals surface area contributed by atoms with Gasteiger partial charge in [0.2, 0.25) is 0 Å². The third kappa shape index (κ3) is 65.8. The molecule has 0 aliphatic rings. The number of carbonyl (C=O) groups is 2. The van der Waals surface area contributed by atoms with Crippen molar-refractivity contribution < 1.29 is 24.2 Å². The lowest BCUT2D eigenvalue weighted by atomic mass is 10.1. The van der Waals surface area contributed by atoms with Crippen molar-refractivity contribution in [3.8, 4) is 0 Å². The van der Waals surface area contributed by atoms with Gasteiger partial charge in [-0.2, -0.15) is 0 Å². The number of carbonyl (C=O) groups excluding carboxylic acids is 2. The van der Waals surface area contributed by atoms with Crippen molar-refractivity contribution in [2.24, 2.45) is 0 Å². The second-order valence-corrected chi connectivity index (χ2v) is 21.1. The fourth-order valence-corrected chi connectivity index (χ4v) is 8.63. The highest BCUT2D eigenvalue weighted by molar-refractivity contribution is 5.70. The number of ether oxygens (including phenoxy) is 2. The van der Waals surface area contributed by atoms with Crippen LogP contribution in [0.15, 0.2) is 170 Å². The Hall–Kier alpha value is -4.74. The van der Waals surface area contributed by atoms with Crippen molar-refractivity contribution in [3.05, 3.63) is 170 Å². The monoisotopic (exact) mass is 1100 g/mol. The zero-order chi connectivity index (χ0) is 57.6. The molecule has 0 heterocycles. The molecule has 0 saturated heterocycles. The standard InChI is InChI=1S/C75H120O5/c1-3-5-7-9-11-13-15-17-19-21-23-25-27-29-30-31-32-33-34-35-36-37-38-39-40-41-42-43-44-46-48-50-52-54-56-58-60-62-64-66-68-70-75(78)80-73(71-76)72-79-74(77)69-67-65-63-61-59-57-55-53-51-49-47-45-28-26-24-22-20-18-16-14-12-10-8-6-4-2/h5,7,11,13,16-19,22-25,28-30,32-33,35-36,38-39,41-42,44-46,50,52,73,76H,3-4,6,8-10,12,14-15,20-21,26-27,31,34,37,40,43,47-49,51,53-72H2,1-2H3/b7-5-,13-11-,18-16-,19-17-,24-22-,25-23-,30-29-,33-32-,36-35-,39-38-,42-41-,45-28-,46-44-,52-50-. The zero-order valence-corrected chi connectivity index (χ0v) is 51.5. The summed E-state index contributed by atoms with van der Waals surface area (Å²) in [5.74, 6) is -0.615. The Balaban J connectivity index is 3.62. The molecule has 0 saturated carbocycles. The minimum absolute atomic E-state index is 0.0819. The number of allylic oxidation sites excluding steroid dienone is 28. The molecule has 0 aromatic rings. The highest BCUT2D eigenvalue weighted by atomic mass is 16.6. The lowest BCUT2D eigenvalue weighted by Crippen LogP contribution is -2.28. The summed E-state index contributed by atoms with van der Waals surface area (Å²) >= 11 is 0. The van der Waals surface area contributed by atoms with Crippen LogP contribution < -0.4 is 0 Å². The Morgan fingerprint density at radius 1 is 0.300 bits per heavy atom. The smallest absolute Gasteiger partial charge is 0.306 e. The molecule has 1 N–H and O–H groups in total. The quantitative estimate of drug-likeness (QED) is 0.0373. The zero-order valence-electron chi connectivity index (χ0n) is 51.5. The highest BCUT2D eigenvalue weighted by Crippen LogP contribution is 2.15. The summed E-state index contributed by atoms with van der Waals surface area (Å²) in [5.41, 5.74) is 0. The number of esters is 2. The van der Waals surface area contributed by atoms with Crippen molar-refractivity contribution in [1.29, 1.82) is 0 Å². The van der Waals surface area contributed by atoms with Gasteiger partial charge in [0.15, 0.2) is 6.10 Å². The number of unbranched alkanes of at least 4 members (excludes halogenated alkanes) is 22. The molecule has 0 aliphatic heterocycles. The van der Waals surface area contributed by atoms with Crippen LogP contribution in [0.1, 0.15) is 271 Å². The van der Waals surface area contributed by atoms with Crippen molar-refractivity contribution in [2.75, 3.05) is 13.2 Å². The Bertz CT molecular complexity index is 1770. The van der Waals surface area contributed by atoms with E-state index in [4.69, 9.17) is 9.47 Å². The Morgan fingerprint density at radius 3 is 0.812 bits per heavy atom. The van der Waals surface area contributed by atoms with Gasteiger partial charge in [-0.15, -0.1) is 0 Å². The van der Waals surface area contributed by atoms with Gasteiger partial charge >= 0.3 is 11.9 Å². The van der Waals surface area contributed by atoms with E-state index in [1.807, 2.05) is 0 Å². The van der Waals surface area contributed by atoms with Crippen LogP contribution in [0.4, 0.5) is 0 Å². The van der Waals surface area contributed by atoms with Crippen LogP contribution in [0.3, 0.4) is 0 Å². The third-order valence-electron chi connectivity index (χ3n) is 13.5. The van der Waals surface area contributed by atoms with Crippen LogP contribution in [0.2, 0.25) is 0 Å². The molecule has 0 aliphatic carbocycles. The van der Waals surface area contributed by atoms with Gasteiger partial charge < -0.3 is 14.6 Å². The average molecular weight is 1100 g/mol. The summed E-state index contributed by atoms with van der Waals surface area (Å²) in [6.07, 6.45) is 106. The van der Waals surface area contributed by atoms with Gasteiger partial charge in [0.05, 0.1) is 6.61 Å². The lowest BCUT2D eigenvalue weighted by Gasteiger charge is -2.15. The van der Waals surface area contributed by atoms with Crippen LogP contribution in [-0.2, 0) is 19.1 Å². The molecule has 5 heteroatoms. The molecule has 0 aromatic heterocycles. The molecule has 0 rings (SSSR count). The maximum Gasteiger partial charge on any atom is 0.306 e. The second kappa shape index (κ2) is 68.5. The first-order chi connectivity index (χ1) is 39.6. The van der Waals surface area contributed by atoms with Gasteiger partial charge in [0.25, 0.3) is 0 Å². The van der Waals surface area contributed by atoms with E-state index in [1.165, 1.54) is 116 Å². The first-order valence-electron chi connectivity index (χ1n) is 32.7. The van der Waals surface area contributed by atoms with Crippen molar-refractivity contribution in [2.45, 2.75) is 277 Å². The highest BCUT2D eigenvalue weighted by Gasteiger charge is 2.16. The molecular formula is C75H120O5. The van der Waals surface area contributed by atoms with E-state index in [-0.39, 0.29) is 25.2 Å². The topological polar surface area (TPSA) is 72.8 Å². The van der Waals surface area contributed by atoms with E-state index in [0.29, 0.717) is 12.8 Å². The van der Waals surface area contributed by atoms with E-state index < -0.39 is 6.10 Å². The summed E-state index contributed by atoms with van der Waals surface area (Å²) < 4.78 is 10.7. The summed E-state index contributed by atoms with van der Waals surface area (Å²) in [4.78, 5) is 24.6. The van der Waals surface area contributed by atoms with Gasteiger partial charge in [-0.25, -0.2) is 0 Å². The summed E-state index contributed by atoms with van der Waals surface area (Å²) in [7, 11) is 0. The number of aliphatic hydroxyl groups excluding tert-OH is 1. The average Bonchev–Trinajstić information content (AvgIpc) is 3.46. The molecule has 80 heavy (non-hydrogen) atoms. The van der Waals surface area contributed by atoms with Crippen molar-refractivity contribution >= 4 is 11.9 Å². The second-order valence-electron chi connectivity index (χ2n) is 21.1. The number of hydrogen-bond acceptors (Lipinski definition) is 5. The number of aliphatic hydroxyl groups is 1. The largest absolute Gasteiger partial charge is 0.462 e. The maximum absolute atomic E-state index is 12.3. The lowest BCUT2D eigenvalue weighted by molar-refractivity contribution is -0.161. The van der Waals surface area contributed by atoms with Crippen molar-refractivity contribution in [1.82, 2.24) is 0 Å². The molecule has 5 nitrogen and oxygen atoms in total. The summed E-state index contributed by atoms with van der Waals surface area (Å²) in [6.45, 7) is 4.00. The van der Waals surface area contributed by atoms with Gasteiger partial charge in [0.1, 0.15) is 6.61 Å². The van der Waals surface area contributed by atoms with E-state index in [0.717, 1.165) is 128 Å². The predicted molar refractivity (Wildman–Crippen MR) is 352 cm³/mol. The van der Waals surface area contributed by atoms with E-state index in [9.17, 15) is 14.7 Å². The van der Waals surface area contributed by atoms with Gasteiger partial charge in [-0.05, 0) is 135 Å². The normalized spacial score (nSPS) is 13.4. The van der Waals surface area contributed by atoms with Crippen LogP contribution in [0.25, 0.3) is 0 Å². The maximum atomic E-state index is 12.3. The first-order valence-corrected chi connectivity index (χ1v) is 32.7. The van der Waals surface area contributed by atoms with Crippen LogP contribution in [0, 0.1) is 0 Å². The molecule has 0 amide bonds. The van der Waals surface area contributed by atoms with Crippen LogP contribution in [0.5, 0.6) is 0 Å². The van der Waals surface area contributed by atoms with E-state index in [2.05, 4.69) is 184 Å². The molecule has 0 aromatic carbocycles. The molecule has 0 radical (unpaired) electrons. The molecule has 1 unspecified atom stereocenters. The minimum atomic E-state index is -0.793.